The second kappa shape index (κ2) is 19.3. The lowest BCUT2D eigenvalue weighted by Crippen LogP contribution is -2.38. The second-order valence-electron chi connectivity index (χ2n) is 13.4. The summed E-state index contributed by atoms with van der Waals surface area (Å²) in [6, 6.07) is 35.1. The molecule has 51 heavy (non-hydrogen) atoms. The highest BCUT2D eigenvalue weighted by Gasteiger charge is 2.33. The van der Waals surface area contributed by atoms with Gasteiger partial charge in [0, 0.05) is 44.0 Å². The molecule has 0 spiro atoms. The minimum atomic E-state index is -0.569. The number of benzene rings is 4. The second-order valence-corrected chi connectivity index (χ2v) is 13.4. The lowest BCUT2D eigenvalue weighted by molar-refractivity contribution is -0.253. The fourth-order valence-electron chi connectivity index (χ4n) is 6.49. The summed E-state index contributed by atoms with van der Waals surface area (Å²) >= 11 is 0. The van der Waals surface area contributed by atoms with E-state index in [0.717, 1.165) is 59.2 Å². The van der Waals surface area contributed by atoms with Gasteiger partial charge in [-0.25, -0.2) is 5.48 Å². The number of aliphatic hydroxyl groups is 1. The number of hydroxylamine groups is 1. The van der Waals surface area contributed by atoms with Gasteiger partial charge in [-0.05, 0) is 72.3 Å². The normalized spacial score (nSPS) is 17.9. The fourth-order valence-corrected chi connectivity index (χ4v) is 6.49. The van der Waals surface area contributed by atoms with Gasteiger partial charge in [-0.2, -0.15) is 0 Å². The molecule has 0 saturated carbocycles. The average Bonchev–Trinajstić information content (AvgIpc) is 3.18. The van der Waals surface area contributed by atoms with Crippen LogP contribution in [0.25, 0.3) is 11.1 Å². The molecule has 1 fully saturated rings. The predicted molar refractivity (Wildman–Crippen MR) is 197 cm³/mol. The van der Waals surface area contributed by atoms with Crippen LogP contribution in [0.1, 0.15) is 98.1 Å². The Morgan fingerprint density at radius 2 is 1.47 bits per heavy atom. The van der Waals surface area contributed by atoms with E-state index in [1.54, 1.807) is 5.48 Å². The maximum atomic E-state index is 12.5. The highest BCUT2D eigenvalue weighted by Crippen LogP contribution is 2.39. The number of hydrogen-bond acceptors (Lipinski definition) is 7. The number of likely N-dealkylation sites (N-methyl/N-ethyl adjacent to an activating group) is 1. The van der Waals surface area contributed by atoms with Gasteiger partial charge in [0.2, 0.25) is 11.8 Å². The van der Waals surface area contributed by atoms with Crippen LogP contribution in [0.15, 0.2) is 103 Å². The average molecular weight is 694 g/mol. The SMILES string of the molecule is C[C@@H](c1ccccc1)N(C)C[C@H]1C[C@@H](c2ccc(CO)cc2)O[C@@H](c2cccc(-c3cccc(CNC(=O)CCCCCCC(=O)NO)c3)c2)O1. The van der Waals surface area contributed by atoms with Crippen molar-refractivity contribution in [3.8, 4) is 11.1 Å². The Morgan fingerprint density at radius 3 is 2.18 bits per heavy atom. The third-order valence-corrected chi connectivity index (χ3v) is 9.64. The van der Waals surface area contributed by atoms with Crippen molar-refractivity contribution < 1.29 is 29.4 Å². The van der Waals surface area contributed by atoms with E-state index in [9.17, 15) is 14.7 Å². The molecule has 0 bridgehead atoms. The number of carbonyl (C=O) groups is 2. The van der Waals surface area contributed by atoms with E-state index in [1.165, 1.54) is 5.56 Å². The Balaban J connectivity index is 1.24. The van der Waals surface area contributed by atoms with Crippen molar-refractivity contribution >= 4 is 11.8 Å². The van der Waals surface area contributed by atoms with Crippen LogP contribution < -0.4 is 10.8 Å². The van der Waals surface area contributed by atoms with Gasteiger partial charge in [0.1, 0.15) is 0 Å². The summed E-state index contributed by atoms with van der Waals surface area (Å²) in [5.41, 5.74) is 8.83. The molecule has 1 saturated heterocycles. The molecular formula is C42H51N3O6. The standard InChI is InChI=1S/C42H51N3O6/c1-30(33-13-6-5-7-14-33)45(2)28-38-26-39(34-22-20-31(29-46)21-23-34)51-42(50-38)37-17-11-16-36(25-37)35-15-10-12-32(24-35)27-43-40(47)18-8-3-4-9-19-41(48)44-49/h5-7,10-17,20-25,30,38-39,42,46,49H,3-4,8-9,18-19,26-29H2,1-2H3,(H,43,47)(H,44,48)/t30-,38+,39-,42-/m0/s1. The van der Waals surface area contributed by atoms with E-state index in [-0.39, 0.29) is 43.1 Å². The molecular weight excluding hydrogens is 642 g/mol. The van der Waals surface area contributed by atoms with E-state index < -0.39 is 6.29 Å². The van der Waals surface area contributed by atoms with Crippen LogP contribution in [0.4, 0.5) is 0 Å². The lowest BCUT2D eigenvalue weighted by atomic mass is 9.98. The first-order valence-electron chi connectivity index (χ1n) is 18.0. The largest absolute Gasteiger partial charge is 0.392 e. The zero-order chi connectivity index (χ0) is 36.0. The van der Waals surface area contributed by atoms with Crippen molar-refractivity contribution in [2.75, 3.05) is 13.6 Å². The van der Waals surface area contributed by atoms with Crippen LogP contribution in [0.2, 0.25) is 0 Å². The number of carbonyl (C=O) groups excluding carboxylic acids is 2. The summed E-state index contributed by atoms with van der Waals surface area (Å²) in [6.45, 7) is 3.38. The smallest absolute Gasteiger partial charge is 0.243 e. The van der Waals surface area contributed by atoms with Crippen LogP contribution in [-0.2, 0) is 32.2 Å². The third-order valence-electron chi connectivity index (χ3n) is 9.64. The maximum Gasteiger partial charge on any atom is 0.243 e. The molecule has 9 nitrogen and oxygen atoms in total. The van der Waals surface area contributed by atoms with Gasteiger partial charge in [-0.1, -0.05) is 104 Å². The van der Waals surface area contributed by atoms with Crippen LogP contribution >= 0.6 is 0 Å². The highest BCUT2D eigenvalue weighted by molar-refractivity contribution is 5.76. The number of nitrogens with one attached hydrogen (secondary N) is 2. The molecule has 4 aromatic carbocycles. The van der Waals surface area contributed by atoms with Gasteiger partial charge in [-0.3, -0.25) is 19.7 Å². The monoisotopic (exact) mass is 693 g/mol. The van der Waals surface area contributed by atoms with Crippen molar-refractivity contribution in [2.24, 2.45) is 0 Å². The molecule has 0 aliphatic carbocycles. The van der Waals surface area contributed by atoms with Crippen LogP contribution in [0.3, 0.4) is 0 Å². The molecule has 1 aliphatic heterocycles. The summed E-state index contributed by atoms with van der Waals surface area (Å²) in [5, 5.41) is 21.2. The van der Waals surface area contributed by atoms with Crippen molar-refractivity contribution in [1.82, 2.24) is 15.7 Å². The van der Waals surface area contributed by atoms with Crippen LogP contribution in [0, 0.1) is 0 Å². The van der Waals surface area contributed by atoms with Crippen LogP contribution in [-0.4, -0.2) is 46.7 Å². The minimum Gasteiger partial charge on any atom is -0.392 e. The number of unbranched alkanes of at least 4 members (excludes halogenated alkanes) is 3. The van der Waals surface area contributed by atoms with Crippen molar-refractivity contribution in [3.05, 3.63) is 131 Å². The number of amides is 2. The molecule has 2 amide bonds. The first-order chi connectivity index (χ1) is 24.8. The van der Waals surface area contributed by atoms with Crippen molar-refractivity contribution in [2.45, 2.75) is 89.6 Å². The number of aliphatic hydroxyl groups excluding tert-OH is 1. The topological polar surface area (TPSA) is 120 Å². The van der Waals surface area contributed by atoms with Gasteiger partial charge >= 0.3 is 0 Å². The summed E-state index contributed by atoms with van der Waals surface area (Å²) in [7, 11) is 2.14. The molecule has 4 N–H and O–H groups in total. The number of ether oxygens (including phenoxy) is 2. The number of nitrogens with zero attached hydrogens (tertiary/aromatic N) is 1. The first-order valence-corrected chi connectivity index (χ1v) is 18.0. The zero-order valence-corrected chi connectivity index (χ0v) is 29.7. The van der Waals surface area contributed by atoms with E-state index in [0.29, 0.717) is 25.8 Å². The lowest BCUT2D eigenvalue weighted by Gasteiger charge is -2.39. The summed E-state index contributed by atoms with van der Waals surface area (Å²) in [5.74, 6) is -0.380. The quantitative estimate of drug-likeness (QED) is 0.0512. The zero-order valence-electron chi connectivity index (χ0n) is 29.7. The number of rotatable bonds is 17. The van der Waals surface area contributed by atoms with E-state index >= 15 is 0 Å². The molecule has 4 atom stereocenters. The summed E-state index contributed by atoms with van der Waals surface area (Å²) < 4.78 is 13.4. The molecule has 9 heteroatoms. The fraction of sp³-hybridized carbons (Fsp3) is 0.381. The van der Waals surface area contributed by atoms with Crippen LogP contribution in [0.5, 0.6) is 0 Å². The van der Waals surface area contributed by atoms with Crippen molar-refractivity contribution in [3.63, 3.8) is 0 Å². The molecule has 4 aromatic rings. The molecule has 5 rings (SSSR count). The van der Waals surface area contributed by atoms with Gasteiger partial charge in [0.25, 0.3) is 0 Å². The van der Waals surface area contributed by atoms with Gasteiger partial charge in [0.15, 0.2) is 6.29 Å². The minimum absolute atomic E-state index is 0.000782. The van der Waals surface area contributed by atoms with Gasteiger partial charge in [0.05, 0.1) is 18.8 Å². The molecule has 270 valence electrons. The van der Waals surface area contributed by atoms with E-state index in [4.69, 9.17) is 14.7 Å². The molecule has 1 aliphatic rings. The summed E-state index contributed by atoms with van der Waals surface area (Å²) in [6.07, 6.45) is 3.74. The predicted octanol–water partition coefficient (Wildman–Crippen LogP) is 7.55. The molecule has 0 radical (unpaired) electrons. The molecule has 1 heterocycles. The Bertz CT molecular complexity index is 1680. The van der Waals surface area contributed by atoms with E-state index in [2.05, 4.69) is 72.7 Å². The molecule has 0 aromatic heterocycles. The number of hydrogen-bond donors (Lipinski definition) is 4. The Hall–Kier alpha value is -4.38. The Labute approximate surface area is 301 Å². The first kappa shape index (κ1) is 37.9. The molecule has 0 unspecified atom stereocenters. The Morgan fingerprint density at radius 1 is 0.784 bits per heavy atom. The summed E-state index contributed by atoms with van der Waals surface area (Å²) in [4.78, 5) is 25.9. The highest BCUT2D eigenvalue weighted by atomic mass is 16.7. The van der Waals surface area contributed by atoms with Gasteiger partial charge < -0.3 is 19.9 Å². The van der Waals surface area contributed by atoms with E-state index in [1.807, 2.05) is 54.6 Å². The third kappa shape index (κ3) is 11.3. The van der Waals surface area contributed by atoms with Crippen molar-refractivity contribution in [1.29, 1.82) is 0 Å². The van der Waals surface area contributed by atoms with Gasteiger partial charge in [-0.15, -0.1) is 0 Å². The Kier molecular flexibility index (Phi) is 14.3. The maximum absolute atomic E-state index is 12.5.